The molecule has 5 rings (SSSR count). The molecule has 2 saturated heterocycles. The molecule has 166 valence electrons. The van der Waals surface area contributed by atoms with Gasteiger partial charge in [-0.15, -0.1) is 0 Å². The third kappa shape index (κ3) is 3.96. The highest BCUT2D eigenvalue weighted by molar-refractivity contribution is 5.94. The zero-order chi connectivity index (χ0) is 22.1. The Morgan fingerprint density at radius 2 is 1.84 bits per heavy atom. The number of hydrogen-bond donors (Lipinski definition) is 1. The Morgan fingerprint density at radius 3 is 2.62 bits per heavy atom. The van der Waals surface area contributed by atoms with E-state index in [0.29, 0.717) is 43.6 Å². The molecule has 2 aliphatic heterocycles. The van der Waals surface area contributed by atoms with Gasteiger partial charge in [0.1, 0.15) is 5.82 Å². The molecule has 1 amide bonds. The van der Waals surface area contributed by atoms with E-state index in [9.17, 15) is 4.79 Å². The first-order valence-corrected chi connectivity index (χ1v) is 10.9. The smallest absolute Gasteiger partial charge is 0.248 e. The van der Waals surface area contributed by atoms with E-state index >= 15 is 0 Å². The normalized spacial score (nSPS) is 19.3. The van der Waals surface area contributed by atoms with Crippen molar-refractivity contribution in [3.63, 3.8) is 0 Å². The number of nitrogens with two attached hydrogens (primary N) is 1. The number of fused-ring (bicyclic) bond motifs is 1. The summed E-state index contributed by atoms with van der Waals surface area (Å²) in [6.07, 6.45) is 0. The molecule has 2 aliphatic rings. The number of aromatic nitrogens is 3. The molecule has 9 heteroatoms. The first-order valence-electron chi connectivity index (χ1n) is 10.9. The molecule has 1 aromatic carbocycles. The molecule has 32 heavy (non-hydrogen) atoms. The Hall–Kier alpha value is -3.30. The Kier molecular flexibility index (Phi) is 5.59. The van der Waals surface area contributed by atoms with E-state index in [1.165, 1.54) is 0 Å². The summed E-state index contributed by atoms with van der Waals surface area (Å²) in [4.78, 5) is 30.7. The molecule has 0 aliphatic carbocycles. The fourth-order valence-electron chi connectivity index (χ4n) is 4.14. The molecule has 3 aromatic rings. The van der Waals surface area contributed by atoms with Gasteiger partial charge in [0, 0.05) is 30.8 Å². The summed E-state index contributed by atoms with van der Waals surface area (Å²) in [6, 6.07) is 11.3. The van der Waals surface area contributed by atoms with Crippen LogP contribution in [0.15, 0.2) is 36.4 Å². The van der Waals surface area contributed by atoms with Gasteiger partial charge in [0.15, 0.2) is 5.65 Å². The van der Waals surface area contributed by atoms with E-state index in [1.807, 2.05) is 18.2 Å². The van der Waals surface area contributed by atoms with Crippen molar-refractivity contribution in [2.45, 2.75) is 13.0 Å². The predicted octanol–water partition coefficient (Wildman–Crippen LogP) is 1.85. The highest BCUT2D eigenvalue weighted by atomic mass is 16.5. The molecule has 0 bridgehead atoms. The van der Waals surface area contributed by atoms with Gasteiger partial charge in [0.05, 0.1) is 43.5 Å². The lowest BCUT2D eigenvalue weighted by Gasteiger charge is -2.35. The highest BCUT2D eigenvalue weighted by Gasteiger charge is 2.25. The molecular formula is C23H26N6O3. The van der Waals surface area contributed by atoms with Gasteiger partial charge in [-0.3, -0.25) is 4.79 Å². The van der Waals surface area contributed by atoms with Gasteiger partial charge in [0.25, 0.3) is 0 Å². The van der Waals surface area contributed by atoms with Crippen LogP contribution in [0, 0.1) is 0 Å². The number of benzene rings is 1. The maximum absolute atomic E-state index is 11.6. The fraction of sp³-hybridized carbons (Fsp3) is 0.391. The second kappa shape index (κ2) is 8.68. The Morgan fingerprint density at radius 1 is 1.03 bits per heavy atom. The van der Waals surface area contributed by atoms with Crippen LogP contribution in [-0.2, 0) is 9.47 Å². The van der Waals surface area contributed by atoms with Gasteiger partial charge in [-0.05, 0) is 31.2 Å². The third-order valence-electron chi connectivity index (χ3n) is 5.90. The van der Waals surface area contributed by atoms with Crippen LogP contribution >= 0.6 is 0 Å². The van der Waals surface area contributed by atoms with Crippen LogP contribution in [0.1, 0.15) is 17.3 Å². The summed E-state index contributed by atoms with van der Waals surface area (Å²) in [7, 11) is 0. The van der Waals surface area contributed by atoms with Crippen LogP contribution in [0.25, 0.3) is 22.3 Å². The minimum absolute atomic E-state index is 0.200. The van der Waals surface area contributed by atoms with E-state index in [0.717, 1.165) is 42.1 Å². The van der Waals surface area contributed by atoms with Gasteiger partial charge in [-0.25, -0.2) is 4.98 Å². The summed E-state index contributed by atoms with van der Waals surface area (Å²) < 4.78 is 11.1. The monoisotopic (exact) mass is 434 g/mol. The lowest BCUT2D eigenvalue weighted by Crippen LogP contribution is -2.44. The van der Waals surface area contributed by atoms with Gasteiger partial charge in [-0.1, -0.05) is 12.1 Å². The average molecular weight is 435 g/mol. The largest absolute Gasteiger partial charge is 0.378 e. The second-order valence-corrected chi connectivity index (χ2v) is 8.08. The Balaban J connectivity index is 1.63. The maximum atomic E-state index is 11.6. The molecule has 4 heterocycles. The molecule has 2 aromatic heterocycles. The summed E-state index contributed by atoms with van der Waals surface area (Å²) >= 11 is 0. The first-order chi connectivity index (χ1) is 15.6. The quantitative estimate of drug-likeness (QED) is 0.663. The molecule has 1 unspecified atom stereocenters. The van der Waals surface area contributed by atoms with Crippen molar-refractivity contribution in [2.75, 3.05) is 55.9 Å². The summed E-state index contributed by atoms with van der Waals surface area (Å²) in [5, 5.41) is 0.894. The zero-order valence-electron chi connectivity index (χ0n) is 18.0. The van der Waals surface area contributed by atoms with E-state index in [1.54, 1.807) is 18.2 Å². The topological polar surface area (TPSA) is 107 Å². The third-order valence-corrected chi connectivity index (χ3v) is 5.90. The number of amides is 1. The number of hydrogen-bond acceptors (Lipinski definition) is 8. The lowest BCUT2D eigenvalue weighted by molar-refractivity contribution is 0.0986. The van der Waals surface area contributed by atoms with E-state index in [2.05, 4.69) is 16.7 Å². The van der Waals surface area contributed by atoms with Crippen molar-refractivity contribution in [3.05, 3.63) is 42.0 Å². The first kappa shape index (κ1) is 20.6. The fourth-order valence-corrected chi connectivity index (χ4v) is 4.14. The van der Waals surface area contributed by atoms with Crippen LogP contribution < -0.4 is 15.5 Å². The molecule has 0 radical (unpaired) electrons. The van der Waals surface area contributed by atoms with Crippen molar-refractivity contribution in [3.8, 4) is 11.3 Å². The molecule has 9 nitrogen and oxygen atoms in total. The minimum atomic E-state index is -0.465. The van der Waals surface area contributed by atoms with Crippen molar-refractivity contribution in [1.29, 1.82) is 0 Å². The summed E-state index contributed by atoms with van der Waals surface area (Å²) in [5.41, 5.74) is 8.07. The van der Waals surface area contributed by atoms with Crippen LogP contribution in [-0.4, -0.2) is 73.0 Å². The molecular weight excluding hydrogens is 408 g/mol. The number of ether oxygens (including phenoxy) is 2. The molecule has 2 fully saturated rings. The number of carbonyl (C=O) groups excluding carboxylic acids is 1. The van der Waals surface area contributed by atoms with Gasteiger partial charge < -0.3 is 25.0 Å². The lowest BCUT2D eigenvalue weighted by atomic mass is 10.1. The van der Waals surface area contributed by atoms with Gasteiger partial charge in [0.2, 0.25) is 11.9 Å². The second-order valence-electron chi connectivity index (χ2n) is 8.08. The van der Waals surface area contributed by atoms with Gasteiger partial charge >= 0.3 is 0 Å². The zero-order valence-corrected chi connectivity index (χ0v) is 18.0. The van der Waals surface area contributed by atoms with Crippen molar-refractivity contribution in [1.82, 2.24) is 15.0 Å². The number of anilines is 2. The molecule has 1 atom stereocenters. The van der Waals surface area contributed by atoms with Crippen molar-refractivity contribution < 1.29 is 14.3 Å². The van der Waals surface area contributed by atoms with Gasteiger partial charge in [-0.2, -0.15) is 9.97 Å². The van der Waals surface area contributed by atoms with Crippen LogP contribution in [0.2, 0.25) is 0 Å². The van der Waals surface area contributed by atoms with E-state index in [-0.39, 0.29) is 6.04 Å². The Bertz CT molecular complexity index is 1150. The number of primary amides is 1. The van der Waals surface area contributed by atoms with E-state index < -0.39 is 5.91 Å². The number of nitrogens with zero attached hydrogens (tertiary/aromatic N) is 5. The van der Waals surface area contributed by atoms with Crippen molar-refractivity contribution in [2.24, 2.45) is 5.73 Å². The Labute approximate surface area is 186 Å². The maximum Gasteiger partial charge on any atom is 0.248 e. The van der Waals surface area contributed by atoms with Crippen LogP contribution in [0.3, 0.4) is 0 Å². The predicted molar refractivity (Wildman–Crippen MR) is 122 cm³/mol. The number of rotatable bonds is 4. The summed E-state index contributed by atoms with van der Waals surface area (Å²) in [5.74, 6) is 1.07. The molecule has 0 spiro atoms. The van der Waals surface area contributed by atoms with E-state index in [4.69, 9.17) is 30.2 Å². The van der Waals surface area contributed by atoms with Crippen LogP contribution in [0.5, 0.6) is 0 Å². The van der Waals surface area contributed by atoms with Crippen molar-refractivity contribution >= 4 is 28.7 Å². The summed E-state index contributed by atoms with van der Waals surface area (Å²) in [6.45, 7) is 7.00. The highest BCUT2D eigenvalue weighted by Crippen LogP contribution is 2.30. The minimum Gasteiger partial charge on any atom is -0.378 e. The molecule has 2 N–H and O–H groups in total. The standard InChI is InChI=1S/C23H26N6O3/c1-15-14-32-12-9-29(15)22-18-5-6-19(16-3-2-4-17(13-16)20(24)30)25-21(18)26-23(27-22)28-7-10-31-11-8-28/h2-6,13,15H,7-12,14H2,1H3,(H2,24,30). The average Bonchev–Trinajstić information content (AvgIpc) is 2.84. The molecule has 0 saturated carbocycles. The number of pyridine rings is 1. The number of morpholine rings is 2. The number of carbonyl (C=O) groups is 1. The SMILES string of the molecule is CC1COCCN1c1nc(N2CCOCC2)nc2nc(-c3cccc(C(N)=O)c3)ccc12. The van der Waals surface area contributed by atoms with Crippen LogP contribution in [0.4, 0.5) is 11.8 Å².